The number of halogens is 1. The summed E-state index contributed by atoms with van der Waals surface area (Å²) in [5, 5.41) is 0.292. The summed E-state index contributed by atoms with van der Waals surface area (Å²) in [4.78, 5) is 29.8. The molecule has 0 unspecified atom stereocenters. The van der Waals surface area contributed by atoms with Gasteiger partial charge in [0.05, 0.1) is 5.56 Å². The van der Waals surface area contributed by atoms with Crippen LogP contribution in [0.3, 0.4) is 0 Å². The number of hydrogen-bond donors (Lipinski definition) is 0. The molecule has 6 heteroatoms. The van der Waals surface area contributed by atoms with Gasteiger partial charge >= 0.3 is 5.97 Å². The van der Waals surface area contributed by atoms with Crippen LogP contribution < -0.4 is 4.90 Å². The van der Waals surface area contributed by atoms with Crippen molar-refractivity contribution in [1.29, 1.82) is 0 Å². The molecule has 1 atom stereocenters. The lowest BCUT2D eigenvalue weighted by Gasteiger charge is -2.22. The third-order valence-corrected chi connectivity index (χ3v) is 3.99. The number of rotatable bonds is 3. The van der Waals surface area contributed by atoms with Crippen molar-refractivity contribution in [2.24, 2.45) is 0 Å². The van der Waals surface area contributed by atoms with Crippen molar-refractivity contribution in [1.82, 2.24) is 4.98 Å². The zero-order valence-electron chi connectivity index (χ0n) is 12.5. The monoisotopic (exact) mass is 330 g/mol. The maximum Gasteiger partial charge on any atom is 0.340 e. The molecular weight excluding hydrogens is 316 g/mol. The summed E-state index contributed by atoms with van der Waals surface area (Å²) in [5.74, 6) is -0.833. The number of aromatic nitrogens is 1. The summed E-state index contributed by atoms with van der Waals surface area (Å²) in [5.41, 5.74) is 2.27. The number of fused-ring (bicyclic) bond motifs is 1. The lowest BCUT2D eigenvalue weighted by Crippen LogP contribution is -2.38. The van der Waals surface area contributed by atoms with Gasteiger partial charge in [0, 0.05) is 17.9 Å². The van der Waals surface area contributed by atoms with E-state index in [-0.39, 0.29) is 24.1 Å². The number of ether oxygens (including phenoxy) is 1. The minimum Gasteiger partial charge on any atom is -0.452 e. The number of nitrogens with zero attached hydrogens (tertiary/aromatic N) is 2. The summed E-state index contributed by atoms with van der Waals surface area (Å²) < 4.78 is 5.09. The second-order valence-corrected chi connectivity index (χ2v) is 5.78. The average Bonchev–Trinajstić information content (AvgIpc) is 2.88. The van der Waals surface area contributed by atoms with Crippen LogP contribution in [0.5, 0.6) is 0 Å². The molecule has 0 bridgehead atoms. The Morgan fingerprint density at radius 1 is 1.30 bits per heavy atom. The van der Waals surface area contributed by atoms with Crippen molar-refractivity contribution in [3.8, 4) is 0 Å². The topological polar surface area (TPSA) is 59.5 Å². The fourth-order valence-corrected chi connectivity index (χ4v) is 2.83. The van der Waals surface area contributed by atoms with Crippen LogP contribution in [0.25, 0.3) is 0 Å². The predicted octanol–water partition coefficient (Wildman–Crippen LogP) is 2.87. The molecular formula is C17H15ClN2O3. The molecule has 0 aliphatic carbocycles. The maximum atomic E-state index is 12.4. The summed E-state index contributed by atoms with van der Waals surface area (Å²) in [6.07, 6.45) is 2.12. The minimum atomic E-state index is -0.595. The van der Waals surface area contributed by atoms with Gasteiger partial charge in [-0.15, -0.1) is 0 Å². The zero-order valence-corrected chi connectivity index (χ0v) is 13.3. The van der Waals surface area contributed by atoms with Crippen LogP contribution in [-0.2, 0) is 16.0 Å². The first-order chi connectivity index (χ1) is 11.1. The van der Waals surface area contributed by atoms with Crippen LogP contribution in [0.2, 0.25) is 5.15 Å². The third-order valence-electron chi connectivity index (χ3n) is 3.77. The molecule has 1 aromatic heterocycles. The molecule has 23 heavy (non-hydrogen) atoms. The lowest BCUT2D eigenvalue weighted by atomic mass is 10.1. The van der Waals surface area contributed by atoms with Gasteiger partial charge in [0.15, 0.2) is 6.61 Å². The molecule has 118 valence electrons. The van der Waals surface area contributed by atoms with Crippen LogP contribution in [-0.4, -0.2) is 29.5 Å². The van der Waals surface area contributed by atoms with E-state index in [0.717, 1.165) is 17.7 Å². The Bertz CT molecular complexity index is 746. The number of carbonyl (C=O) groups is 2. The first-order valence-electron chi connectivity index (χ1n) is 7.25. The number of pyridine rings is 1. The van der Waals surface area contributed by atoms with Gasteiger partial charge in [-0.1, -0.05) is 29.8 Å². The molecule has 0 radical (unpaired) electrons. The van der Waals surface area contributed by atoms with Gasteiger partial charge in [-0.3, -0.25) is 4.79 Å². The molecule has 1 amide bonds. The van der Waals surface area contributed by atoms with Crippen molar-refractivity contribution < 1.29 is 14.3 Å². The summed E-state index contributed by atoms with van der Waals surface area (Å²) in [7, 11) is 0. The zero-order chi connectivity index (χ0) is 16.4. The highest BCUT2D eigenvalue weighted by atomic mass is 35.5. The first kappa shape index (κ1) is 15.5. The van der Waals surface area contributed by atoms with Gasteiger partial charge in [-0.25, -0.2) is 9.78 Å². The normalized spacial score (nSPS) is 16.1. The van der Waals surface area contributed by atoms with E-state index >= 15 is 0 Å². The molecule has 0 saturated carbocycles. The maximum absolute atomic E-state index is 12.4. The highest BCUT2D eigenvalue weighted by molar-refractivity contribution is 6.29. The van der Waals surface area contributed by atoms with E-state index in [4.69, 9.17) is 16.3 Å². The molecule has 0 saturated heterocycles. The number of amides is 1. The molecule has 2 aromatic rings. The largest absolute Gasteiger partial charge is 0.452 e. The van der Waals surface area contributed by atoms with Crippen LogP contribution in [0.15, 0.2) is 42.6 Å². The second-order valence-electron chi connectivity index (χ2n) is 5.39. The van der Waals surface area contributed by atoms with E-state index in [0.29, 0.717) is 5.15 Å². The van der Waals surface area contributed by atoms with Gasteiger partial charge in [-0.05, 0) is 37.1 Å². The Morgan fingerprint density at radius 3 is 2.83 bits per heavy atom. The van der Waals surface area contributed by atoms with Crippen molar-refractivity contribution in [2.45, 2.75) is 19.4 Å². The second kappa shape index (κ2) is 6.38. The van der Waals surface area contributed by atoms with Gasteiger partial charge in [0.2, 0.25) is 0 Å². The van der Waals surface area contributed by atoms with E-state index in [1.165, 1.54) is 18.3 Å². The standard InChI is InChI=1S/C17H15ClN2O3/c1-11-8-12-4-2-3-5-14(12)20(11)16(21)10-23-17(22)13-6-7-15(18)19-9-13/h2-7,9,11H,8,10H2,1H3/t11-/m1/s1. The fourth-order valence-electron chi connectivity index (χ4n) is 2.72. The Balaban J connectivity index is 1.66. The van der Waals surface area contributed by atoms with Crippen LogP contribution >= 0.6 is 11.6 Å². The van der Waals surface area contributed by atoms with Crippen LogP contribution in [0.1, 0.15) is 22.8 Å². The number of benzene rings is 1. The third kappa shape index (κ3) is 3.19. The molecule has 5 nitrogen and oxygen atoms in total. The summed E-state index contributed by atoms with van der Waals surface area (Å²) >= 11 is 5.67. The van der Waals surface area contributed by atoms with Crippen molar-refractivity contribution >= 4 is 29.2 Å². The molecule has 0 spiro atoms. The molecule has 1 aromatic carbocycles. The summed E-state index contributed by atoms with van der Waals surface area (Å²) in [6, 6.07) is 10.8. The lowest BCUT2D eigenvalue weighted by molar-refractivity contribution is -0.122. The van der Waals surface area contributed by atoms with Crippen molar-refractivity contribution in [3.63, 3.8) is 0 Å². The Hall–Kier alpha value is -2.40. The van der Waals surface area contributed by atoms with E-state index < -0.39 is 5.97 Å². The number of carbonyl (C=O) groups excluding carboxylic acids is 2. The predicted molar refractivity (Wildman–Crippen MR) is 86.6 cm³/mol. The molecule has 2 heterocycles. The minimum absolute atomic E-state index is 0.0517. The average molecular weight is 331 g/mol. The van der Waals surface area contributed by atoms with Gasteiger partial charge in [-0.2, -0.15) is 0 Å². The van der Waals surface area contributed by atoms with Gasteiger partial charge in [0.25, 0.3) is 5.91 Å². The number of anilines is 1. The Labute approximate surface area is 138 Å². The van der Waals surface area contributed by atoms with E-state index in [9.17, 15) is 9.59 Å². The molecule has 3 rings (SSSR count). The Kier molecular flexibility index (Phi) is 4.30. The number of esters is 1. The van der Waals surface area contributed by atoms with E-state index in [2.05, 4.69) is 4.98 Å². The molecule has 1 aliphatic rings. The van der Waals surface area contributed by atoms with Gasteiger partial charge < -0.3 is 9.64 Å². The smallest absolute Gasteiger partial charge is 0.340 e. The van der Waals surface area contributed by atoms with Crippen molar-refractivity contribution in [2.75, 3.05) is 11.5 Å². The molecule has 0 fully saturated rings. The summed E-state index contributed by atoms with van der Waals surface area (Å²) in [6.45, 7) is 1.67. The fraction of sp³-hybridized carbons (Fsp3) is 0.235. The number of para-hydroxylation sites is 1. The van der Waals surface area contributed by atoms with Crippen molar-refractivity contribution in [3.05, 3.63) is 58.9 Å². The SMILES string of the molecule is C[C@@H]1Cc2ccccc2N1C(=O)COC(=O)c1ccc(Cl)nc1. The van der Waals surface area contributed by atoms with E-state index in [1.807, 2.05) is 31.2 Å². The molecule has 0 N–H and O–H groups in total. The first-order valence-corrected chi connectivity index (χ1v) is 7.62. The molecule has 1 aliphatic heterocycles. The highest BCUT2D eigenvalue weighted by Gasteiger charge is 2.30. The Morgan fingerprint density at radius 2 is 2.09 bits per heavy atom. The van der Waals surface area contributed by atoms with Gasteiger partial charge in [0.1, 0.15) is 5.15 Å². The van der Waals surface area contributed by atoms with E-state index in [1.54, 1.807) is 4.90 Å². The van der Waals surface area contributed by atoms with Crippen LogP contribution in [0.4, 0.5) is 5.69 Å². The number of hydrogen-bond acceptors (Lipinski definition) is 4. The van der Waals surface area contributed by atoms with Crippen LogP contribution in [0, 0.1) is 0 Å². The quantitative estimate of drug-likeness (QED) is 0.641. The highest BCUT2D eigenvalue weighted by Crippen LogP contribution is 2.31.